The van der Waals surface area contributed by atoms with Crippen LogP contribution < -0.4 is 5.32 Å². The molecule has 0 aliphatic heterocycles. The van der Waals surface area contributed by atoms with Gasteiger partial charge in [0, 0.05) is 6.61 Å². The van der Waals surface area contributed by atoms with Gasteiger partial charge in [-0.1, -0.05) is 13.8 Å². The van der Waals surface area contributed by atoms with E-state index in [0.29, 0.717) is 12.0 Å². The van der Waals surface area contributed by atoms with Crippen LogP contribution in [0.1, 0.15) is 47.0 Å². The largest absolute Gasteiger partial charge is 0.378 e. The summed E-state index contributed by atoms with van der Waals surface area (Å²) in [5.74, 6) is 0.571. The lowest BCUT2D eigenvalue weighted by Crippen LogP contribution is -2.37. The third-order valence-corrected chi connectivity index (χ3v) is 3.19. The molecule has 0 aromatic carbocycles. The molecule has 2 unspecified atom stereocenters. The highest BCUT2D eigenvalue weighted by Gasteiger charge is 2.19. The van der Waals surface area contributed by atoms with Crippen LogP contribution >= 0.6 is 0 Å². The minimum Gasteiger partial charge on any atom is -0.378 e. The highest BCUT2D eigenvalue weighted by Crippen LogP contribution is 2.13. The number of nitrogens with one attached hydrogen (secondary N) is 1. The summed E-state index contributed by atoms with van der Waals surface area (Å²) in [5.41, 5.74) is -0.385. The van der Waals surface area contributed by atoms with Crippen LogP contribution in [0.4, 0.5) is 0 Å². The maximum absolute atomic E-state index is 8.96. The predicted molar refractivity (Wildman–Crippen MR) is 67.2 cm³/mol. The lowest BCUT2D eigenvalue weighted by Gasteiger charge is -2.21. The summed E-state index contributed by atoms with van der Waals surface area (Å²) in [4.78, 5) is 0. The lowest BCUT2D eigenvalue weighted by molar-refractivity contribution is 0.0328. The van der Waals surface area contributed by atoms with E-state index < -0.39 is 0 Å². The first kappa shape index (κ1) is 15.4. The van der Waals surface area contributed by atoms with Gasteiger partial charge in [-0.25, -0.2) is 0 Å². The molecule has 0 bridgehead atoms. The third kappa shape index (κ3) is 6.09. The van der Waals surface area contributed by atoms with Gasteiger partial charge in [-0.2, -0.15) is 5.26 Å². The second-order valence-corrected chi connectivity index (χ2v) is 4.97. The molecule has 0 aromatic heterocycles. The van der Waals surface area contributed by atoms with Crippen molar-refractivity contribution in [3.63, 3.8) is 0 Å². The van der Waals surface area contributed by atoms with E-state index in [-0.39, 0.29) is 5.54 Å². The highest BCUT2D eigenvalue weighted by molar-refractivity contribution is 5.02. The molecule has 3 heteroatoms. The van der Waals surface area contributed by atoms with E-state index in [2.05, 4.69) is 32.2 Å². The molecule has 0 saturated heterocycles. The maximum atomic E-state index is 8.96. The zero-order chi connectivity index (χ0) is 12.6. The quantitative estimate of drug-likeness (QED) is 0.647. The van der Waals surface area contributed by atoms with E-state index in [4.69, 9.17) is 10.00 Å². The van der Waals surface area contributed by atoms with Crippen molar-refractivity contribution in [1.29, 1.82) is 5.26 Å². The fraction of sp³-hybridized carbons (Fsp3) is 0.923. The van der Waals surface area contributed by atoms with E-state index in [1.165, 1.54) is 0 Å². The van der Waals surface area contributed by atoms with Gasteiger partial charge >= 0.3 is 0 Å². The topological polar surface area (TPSA) is 45.0 Å². The average molecular weight is 226 g/mol. The van der Waals surface area contributed by atoms with Crippen LogP contribution in [0.25, 0.3) is 0 Å². The van der Waals surface area contributed by atoms with Crippen LogP contribution in [-0.4, -0.2) is 25.3 Å². The lowest BCUT2D eigenvalue weighted by atomic mass is 9.97. The van der Waals surface area contributed by atoms with Crippen LogP contribution in [0.3, 0.4) is 0 Å². The predicted octanol–water partition coefficient (Wildman–Crippen LogP) is 2.72. The van der Waals surface area contributed by atoms with Crippen molar-refractivity contribution in [2.45, 2.75) is 58.6 Å². The number of rotatable bonds is 8. The van der Waals surface area contributed by atoms with Gasteiger partial charge in [-0.15, -0.1) is 0 Å². The Hall–Kier alpha value is -0.590. The molecular weight excluding hydrogens is 200 g/mol. The van der Waals surface area contributed by atoms with E-state index in [9.17, 15) is 0 Å². The Morgan fingerprint density at radius 2 is 1.94 bits per heavy atom. The molecule has 16 heavy (non-hydrogen) atoms. The minimum atomic E-state index is -0.385. The molecule has 0 spiro atoms. The Morgan fingerprint density at radius 1 is 1.31 bits per heavy atom. The summed E-state index contributed by atoms with van der Waals surface area (Å²) >= 11 is 0. The van der Waals surface area contributed by atoms with Gasteiger partial charge < -0.3 is 10.1 Å². The Labute approximate surface area is 100 Å². The summed E-state index contributed by atoms with van der Waals surface area (Å²) < 4.78 is 5.68. The Kier molecular flexibility index (Phi) is 7.36. The van der Waals surface area contributed by atoms with Crippen molar-refractivity contribution in [1.82, 2.24) is 5.32 Å². The molecule has 0 aliphatic carbocycles. The fourth-order valence-electron chi connectivity index (χ4n) is 1.28. The number of hydrogen-bond donors (Lipinski definition) is 1. The van der Waals surface area contributed by atoms with Crippen molar-refractivity contribution in [2.75, 3.05) is 13.7 Å². The summed E-state index contributed by atoms with van der Waals surface area (Å²) in [5, 5.41) is 12.0. The number of ether oxygens (including phenoxy) is 1. The molecular formula is C13H26N2O. The molecule has 0 aromatic rings. The Balaban J connectivity index is 3.58. The van der Waals surface area contributed by atoms with Gasteiger partial charge in [0.1, 0.15) is 5.54 Å². The Bertz CT molecular complexity index is 222. The first-order valence-electron chi connectivity index (χ1n) is 6.17. The van der Waals surface area contributed by atoms with Gasteiger partial charge in [0.05, 0.1) is 12.2 Å². The fourth-order valence-corrected chi connectivity index (χ4v) is 1.28. The highest BCUT2D eigenvalue weighted by atomic mass is 16.5. The zero-order valence-corrected chi connectivity index (χ0v) is 11.3. The number of hydrogen-bond acceptors (Lipinski definition) is 3. The van der Waals surface area contributed by atoms with Crippen molar-refractivity contribution in [3.8, 4) is 6.07 Å². The molecule has 2 atom stereocenters. The third-order valence-electron chi connectivity index (χ3n) is 3.19. The van der Waals surface area contributed by atoms with E-state index in [1.54, 1.807) is 0 Å². The molecule has 0 radical (unpaired) electrons. The normalized spacial score (nSPS) is 16.8. The van der Waals surface area contributed by atoms with Crippen LogP contribution in [0.5, 0.6) is 0 Å². The van der Waals surface area contributed by atoms with Crippen molar-refractivity contribution in [2.24, 2.45) is 5.92 Å². The number of unbranched alkanes of at least 4 members (excludes halogenated alkanes) is 1. The van der Waals surface area contributed by atoms with Crippen LogP contribution in [-0.2, 0) is 4.74 Å². The Morgan fingerprint density at radius 3 is 2.38 bits per heavy atom. The molecule has 0 heterocycles. The second-order valence-electron chi connectivity index (χ2n) is 4.97. The van der Waals surface area contributed by atoms with Crippen molar-refractivity contribution < 1.29 is 4.74 Å². The average Bonchev–Trinajstić information content (AvgIpc) is 2.27. The summed E-state index contributed by atoms with van der Waals surface area (Å²) in [6, 6.07) is 2.29. The van der Waals surface area contributed by atoms with Crippen LogP contribution in [0.2, 0.25) is 0 Å². The summed E-state index contributed by atoms with van der Waals surface area (Å²) in [7, 11) is 1.83. The zero-order valence-electron chi connectivity index (χ0n) is 11.3. The van der Waals surface area contributed by atoms with Gasteiger partial charge in [0.25, 0.3) is 0 Å². The summed E-state index contributed by atoms with van der Waals surface area (Å²) in [6.45, 7) is 9.17. The number of nitriles is 1. The van der Waals surface area contributed by atoms with Gasteiger partial charge in [0.15, 0.2) is 0 Å². The number of nitrogens with zero attached hydrogens (tertiary/aromatic N) is 1. The molecule has 0 aliphatic rings. The summed E-state index contributed by atoms with van der Waals surface area (Å²) in [6.07, 6.45) is 3.25. The molecule has 0 fully saturated rings. The molecule has 0 saturated carbocycles. The van der Waals surface area contributed by atoms with Crippen LogP contribution in [0.15, 0.2) is 0 Å². The molecule has 1 N–H and O–H groups in total. The molecule has 0 amide bonds. The monoisotopic (exact) mass is 226 g/mol. The second kappa shape index (κ2) is 7.65. The minimum absolute atomic E-state index is 0.326. The smallest absolute Gasteiger partial charge is 0.103 e. The first-order valence-corrected chi connectivity index (χ1v) is 6.17. The van der Waals surface area contributed by atoms with Gasteiger partial charge in [-0.05, 0) is 46.1 Å². The van der Waals surface area contributed by atoms with E-state index in [0.717, 1.165) is 25.9 Å². The molecule has 0 rings (SSSR count). The van der Waals surface area contributed by atoms with Crippen LogP contribution in [0, 0.1) is 17.2 Å². The van der Waals surface area contributed by atoms with E-state index >= 15 is 0 Å². The van der Waals surface area contributed by atoms with Gasteiger partial charge in [0.2, 0.25) is 0 Å². The van der Waals surface area contributed by atoms with Crippen molar-refractivity contribution in [3.05, 3.63) is 0 Å². The van der Waals surface area contributed by atoms with Crippen molar-refractivity contribution >= 4 is 0 Å². The first-order chi connectivity index (χ1) is 7.45. The molecule has 94 valence electrons. The standard InChI is InChI=1S/C13H26N2O/c1-11(2)12(3)16-9-7-6-8-13(4,10-14)15-5/h11-12,15H,6-9H2,1-5H3. The van der Waals surface area contributed by atoms with E-state index in [1.807, 2.05) is 14.0 Å². The SMILES string of the molecule is CNC(C)(C#N)CCCCOC(C)C(C)C. The van der Waals surface area contributed by atoms with Gasteiger partial charge in [-0.3, -0.25) is 0 Å². The maximum Gasteiger partial charge on any atom is 0.103 e. The molecule has 3 nitrogen and oxygen atoms in total.